The highest BCUT2D eigenvalue weighted by atomic mass is 19.4. The number of urea groups is 1. The number of methoxy groups -OCH3 is 1. The normalized spacial score (nSPS) is 17.5. The maximum atomic E-state index is 14.0. The minimum Gasteiger partial charge on any atom is -0.497 e. The summed E-state index contributed by atoms with van der Waals surface area (Å²) < 4.78 is 47.5. The topological polar surface area (TPSA) is 91.5 Å². The average Bonchev–Trinajstić information content (AvgIpc) is 3.45. The number of hydrogen-bond donors (Lipinski definition) is 0. The molecule has 2 atom stereocenters. The molecule has 11 heteroatoms. The summed E-state index contributed by atoms with van der Waals surface area (Å²) in [5.41, 5.74) is 1.19. The van der Waals surface area contributed by atoms with Gasteiger partial charge in [0.05, 0.1) is 48.3 Å². The first kappa shape index (κ1) is 27.5. The van der Waals surface area contributed by atoms with Crippen molar-refractivity contribution in [1.82, 2.24) is 14.7 Å². The molecule has 2 unspecified atom stereocenters. The molecule has 208 valence electrons. The Morgan fingerprint density at radius 1 is 0.976 bits per heavy atom. The zero-order chi connectivity index (χ0) is 29.3. The molecule has 1 fully saturated rings. The van der Waals surface area contributed by atoms with Gasteiger partial charge in [0.1, 0.15) is 11.7 Å². The van der Waals surface area contributed by atoms with Crippen LogP contribution in [0.15, 0.2) is 85.1 Å². The van der Waals surface area contributed by atoms with E-state index in [4.69, 9.17) is 10.00 Å². The summed E-state index contributed by atoms with van der Waals surface area (Å²) >= 11 is 0. The molecular weight excluding hydrogens is 535 g/mol. The number of nitriles is 1. The molecule has 0 aliphatic carbocycles. The molecule has 0 radical (unpaired) electrons. The fourth-order valence-corrected chi connectivity index (χ4v) is 4.97. The van der Waals surface area contributed by atoms with E-state index >= 15 is 0 Å². The number of alkyl halides is 3. The highest BCUT2D eigenvalue weighted by Crippen LogP contribution is 2.38. The number of ether oxygens (including phenoxy) is 1. The van der Waals surface area contributed by atoms with Crippen molar-refractivity contribution in [2.24, 2.45) is 0 Å². The standard InChI is InChI=1S/C30H24F3N5O3/c1-19-27(26-14-15-35-38(26)23-10-6-20(17-34)7-11-23)28(39)36(18-21-8-12-25(41-2)13-9-21)29(40)37(19)24-5-3-4-22(16-24)30(31,32)33/h3-16,19,27H,18H2,1-2H3. The molecule has 1 aromatic heterocycles. The lowest BCUT2D eigenvalue weighted by Gasteiger charge is -2.43. The van der Waals surface area contributed by atoms with E-state index in [9.17, 15) is 22.8 Å². The van der Waals surface area contributed by atoms with Crippen molar-refractivity contribution in [3.05, 3.63) is 107 Å². The van der Waals surface area contributed by atoms with Crippen LogP contribution >= 0.6 is 0 Å². The first-order chi connectivity index (χ1) is 19.6. The smallest absolute Gasteiger partial charge is 0.416 e. The van der Waals surface area contributed by atoms with Crippen molar-refractivity contribution in [3.63, 3.8) is 0 Å². The quantitative estimate of drug-likeness (QED) is 0.293. The van der Waals surface area contributed by atoms with E-state index in [1.807, 2.05) is 6.07 Å². The Bertz CT molecular complexity index is 1620. The van der Waals surface area contributed by atoms with Gasteiger partial charge in [0.15, 0.2) is 0 Å². The zero-order valence-corrected chi connectivity index (χ0v) is 22.0. The van der Waals surface area contributed by atoms with Gasteiger partial charge in [-0.2, -0.15) is 23.5 Å². The molecule has 41 heavy (non-hydrogen) atoms. The third-order valence-electron chi connectivity index (χ3n) is 7.04. The Kier molecular flexibility index (Phi) is 7.24. The van der Waals surface area contributed by atoms with Crippen LogP contribution in [0, 0.1) is 11.3 Å². The van der Waals surface area contributed by atoms with Crippen LogP contribution < -0.4 is 9.64 Å². The summed E-state index contributed by atoms with van der Waals surface area (Å²) in [4.78, 5) is 30.2. The molecular formula is C30H24F3N5O3. The number of hydrogen-bond acceptors (Lipinski definition) is 5. The minimum absolute atomic E-state index is 0.0130. The van der Waals surface area contributed by atoms with Crippen molar-refractivity contribution in [1.29, 1.82) is 5.26 Å². The Hall–Kier alpha value is -5.11. The SMILES string of the molecule is COc1ccc(CN2C(=O)C(c3ccnn3-c3ccc(C#N)cc3)C(C)N(c3cccc(C(F)(F)F)c3)C2=O)cc1. The molecule has 4 aromatic rings. The van der Waals surface area contributed by atoms with Crippen LogP contribution in [0.5, 0.6) is 5.75 Å². The molecule has 8 nitrogen and oxygen atoms in total. The van der Waals surface area contributed by atoms with Crippen LogP contribution in [0.3, 0.4) is 0 Å². The summed E-state index contributed by atoms with van der Waals surface area (Å²) in [6, 6.07) is 20.0. The highest BCUT2D eigenvalue weighted by Gasteiger charge is 2.47. The van der Waals surface area contributed by atoms with Gasteiger partial charge in [0.2, 0.25) is 5.91 Å². The third-order valence-corrected chi connectivity index (χ3v) is 7.04. The number of nitrogens with zero attached hydrogens (tertiary/aromatic N) is 5. The number of anilines is 1. The van der Waals surface area contributed by atoms with Crippen molar-refractivity contribution in [3.8, 4) is 17.5 Å². The molecule has 5 rings (SSSR count). The van der Waals surface area contributed by atoms with Crippen LogP contribution in [-0.4, -0.2) is 39.8 Å². The van der Waals surface area contributed by atoms with Crippen LogP contribution in [0.25, 0.3) is 5.69 Å². The summed E-state index contributed by atoms with van der Waals surface area (Å²) in [5.74, 6) is -0.899. The fraction of sp³-hybridized carbons (Fsp3) is 0.200. The third kappa shape index (κ3) is 5.24. The maximum Gasteiger partial charge on any atom is 0.416 e. The lowest BCUT2D eigenvalue weighted by molar-refractivity contribution is -0.137. The van der Waals surface area contributed by atoms with E-state index in [0.29, 0.717) is 28.3 Å². The Balaban J connectivity index is 1.61. The summed E-state index contributed by atoms with van der Waals surface area (Å²) in [6.07, 6.45) is -3.11. The predicted octanol–water partition coefficient (Wildman–Crippen LogP) is 5.91. The summed E-state index contributed by atoms with van der Waals surface area (Å²) in [7, 11) is 1.52. The molecule has 3 aromatic carbocycles. The number of imide groups is 1. The van der Waals surface area contributed by atoms with Crippen LogP contribution in [0.1, 0.15) is 35.2 Å². The molecule has 1 saturated heterocycles. The van der Waals surface area contributed by atoms with E-state index in [1.54, 1.807) is 61.5 Å². The van der Waals surface area contributed by atoms with Crippen LogP contribution in [-0.2, 0) is 17.5 Å². The zero-order valence-electron chi connectivity index (χ0n) is 22.0. The van der Waals surface area contributed by atoms with Crippen molar-refractivity contribution >= 4 is 17.6 Å². The molecule has 0 spiro atoms. The average molecular weight is 560 g/mol. The Labute approximate surface area is 233 Å². The van der Waals surface area contributed by atoms with E-state index in [1.165, 1.54) is 35.0 Å². The van der Waals surface area contributed by atoms with Crippen molar-refractivity contribution < 1.29 is 27.5 Å². The van der Waals surface area contributed by atoms with Crippen molar-refractivity contribution in [2.45, 2.75) is 31.6 Å². The maximum absolute atomic E-state index is 14.0. The lowest BCUT2D eigenvalue weighted by atomic mass is 9.90. The first-order valence-corrected chi connectivity index (χ1v) is 12.6. The van der Waals surface area contributed by atoms with Gasteiger partial charge in [-0.05, 0) is 73.2 Å². The van der Waals surface area contributed by atoms with Gasteiger partial charge < -0.3 is 4.74 Å². The second kappa shape index (κ2) is 10.8. The second-order valence-electron chi connectivity index (χ2n) is 9.52. The number of aromatic nitrogens is 2. The van der Waals surface area contributed by atoms with E-state index in [0.717, 1.165) is 17.0 Å². The molecule has 0 saturated carbocycles. The summed E-state index contributed by atoms with van der Waals surface area (Å²) in [5, 5.41) is 13.5. The van der Waals surface area contributed by atoms with Crippen LogP contribution in [0.4, 0.5) is 23.7 Å². The number of carbonyl (C=O) groups is 2. The van der Waals surface area contributed by atoms with Gasteiger partial charge in [-0.15, -0.1) is 0 Å². The molecule has 0 N–H and O–H groups in total. The molecule has 0 bridgehead atoms. The van der Waals surface area contributed by atoms with Gasteiger partial charge in [-0.3, -0.25) is 14.6 Å². The number of benzene rings is 3. The molecule has 3 amide bonds. The molecule has 1 aliphatic heterocycles. The van der Waals surface area contributed by atoms with Gasteiger partial charge in [-0.1, -0.05) is 18.2 Å². The van der Waals surface area contributed by atoms with E-state index < -0.39 is 35.6 Å². The highest BCUT2D eigenvalue weighted by molar-refractivity contribution is 6.08. The minimum atomic E-state index is -4.62. The number of carbonyl (C=O) groups excluding carboxylic acids is 2. The first-order valence-electron chi connectivity index (χ1n) is 12.6. The van der Waals surface area contributed by atoms with Gasteiger partial charge in [0.25, 0.3) is 0 Å². The number of amides is 3. The lowest BCUT2D eigenvalue weighted by Crippen LogP contribution is -2.60. The Morgan fingerprint density at radius 2 is 1.68 bits per heavy atom. The predicted molar refractivity (Wildman–Crippen MR) is 143 cm³/mol. The second-order valence-corrected chi connectivity index (χ2v) is 9.52. The Morgan fingerprint density at radius 3 is 2.32 bits per heavy atom. The van der Waals surface area contributed by atoms with Gasteiger partial charge in [-0.25, -0.2) is 9.48 Å². The largest absolute Gasteiger partial charge is 0.497 e. The fourth-order valence-electron chi connectivity index (χ4n) is 4.97. The molecule has 1 aliphatic rings. The number of halogens is 3. The number of rotatable bonds is 6. The molecule has 2 heterocycles. The van der Waals surface area contributed by atoms with E-state index in [2.05, 4.69) is 5.10 Å². The monoisotopic (exact) mass is 559 g/mol. The van der Waals surface area contributed by atoms with Gasteiger partial charge in [0, 0.05) is 11.9 Å². The summed E-state index contributed by atoms with van der Waals surface area (Å²) in [6.45, 7) is 1.52. The van der Waals surface area contributed by atoms with Crippen molar-refractivity contribution in [2.75, 3.05) is 12.0 Å². The van der Waals surface area contributed by atoms with E-state index in [-0.39, 0.29) is 12.2 Å². The van der Waals surface area contributed by atoms with Crippen LogP contribution in [0.2, 0.25) is 0 Å². The van der Waals surface area contributed by atoms with Gasteiger partial charge >= 0.3 is 12.2 Å².